The maximum atomic E-state index is 11.2. The number of benzene rings is 2. The van der Waals surface area contributed by atoms with Crippen LogP contribution in [0.4, 0.5) is 5.95 Å². The van der Waals surface area contributed by atoms with Crippen molar-refractivity contribution in [1.82, 2.24) is 19.9 Å². The van der Waals surface area contributed by atoms with Gasteiger partial charge in [-0.15, -0.1) is 0 Å². The van der Waals surface area contributed by atoms with Crippen molar-refractivity contribution in [2.24, 2.45) is 5.73 Å². The number of carbonyl (C=O) groups is 1. The summed E-state index contributed by atoms with van der Waals surface area (Å²) < 4.78 is 0. The molecule has 0 unspecified atom stereocenters. The molecular formula is C23H24N6O. The van der Waals surface area contributed by atoms with Crippen LogP contribution in [0.2, 0.25) is 0 Å². The largest absolute Gasteiger partial charge is 0.366 e. The van der Waals surface area contributed by atoms with Crippen molar-refractivity contribution in [3.8, 4) is 11.3 Å². The third-order valence-electron chi connectivity index (χ3n) is 5.14. The molecule has 0 fully saturated rings. The molecule has 0 spiro atoms. The van der Waals surface area contributed by atoms with Crippen LogP contribution in [0.5, 0.6) is 0 Å². The predicted octanol–water partition coefficient (Wildman–Crippen LogP) is 3.78. The molecule has 0 radical (unpaired) electrons. The van der Waals surface area contributed by atoms with Crippen LogP contribution in [0.1, 0.15) is 33.7 Å². The number of imidazole rings is 1. The van der Waals surface area contributed by atoms with Gasteiger partial charge in [-0.2, -0.15) is 0 Å². The molecule has 2 aromatic carbocycles. The summed E-state index contributed by atoms with van der Waals surface area (Å²) in [5, 5.41) is 3.27. The second-order valence-corrected chi connectivity index (χ2v) is 7.37. The van der Waals surface area contributed by atoms with Gasteiger partial charge in [0.05, 0.1) is 16.7 Å². The average molecular weight is 400 g/mol. The third-order valence-corrected chi connectivity index (χ3v) is 5.14. The molecule has 7 nitrogen and oxygen atoms in total. The summed E-state index contributed by atoms with van der Waals surface area (Å²) in [7, 11) is 0. The Morgan fingerprint density at radius 2 is 1.83 bits per heavy atom. The molecule has 0 aliphatic rings. The summed E-state index contributed by atoms with van der Waals surface area (Å²) >= 11 is 0. The number of nitrogens with zero attached hydrogens (tertiary/aromatic N) is 3. The van der Waals surface area contributed by atoms with Crippen LogP contribution in [0.25, 0.3) is 22.3 Å². The number of aromatic amines is 1. The van der Waals surface area contributed by atoms with E-state index in [-0.39, 0.29) is 0 Å². The van der Waals surface area contributed by atoms with Gasteiger partial charge in [-0.3, -0.25) is 4.79 Å². The fraction of sp³-hybridized carbons (Fsp3) is 0.217. The van der Waals surface area contributed by atoms with Crippen molar-refractivity contribution >= 4 is 22.9 Å². The van der Waals surface area contributed by atoms with Gasteiger partial charge in [-0.25, -0.2) is 15.0 Å². The number of primary amides is 1. The van der Waals surface area contributed by atoms with Gasteiger partial charge in [0.15, 0.2) is 0 Å². The molecule has 4 rings (SSSR count). The van der Waals surface area contributed by atoms with Crippen LogP contribution in [-0.4, -0.2) is 32.4 Å². The third kappa shape index (κ3) is 4.30. The smallest absolute Gasteiger partial charge is 0.248 e. The van der Waals surface area contributed by atoms with Gasteiger partial charge < -0.3 is 16.0 Å². The number of nitrogens with one attached hydrogen (secondary N) is 2. The summed E-state index contributed by atoms with van der Waals surface area (Å²) in [4.78, 5) is 28.1. The SMILES string of the molecule is Cc1cc2nc(CCCNc3nccc(-c4ccc(C(N)=O)cc4)n3)[nH]c2cc1C. The molecule has 152 valence electrons. The van der Waals surface area contributed by atoms with Gasteiger partial charge in [-0.05, 0) is 61.7 Å². The lowest BCUT2D eigenvalue weighted by Crippen LogP contribution is -2.10. The normalized spacial score (nSPS) is 11.0. The zero-order chi connectivity index (χ0) is 21.1. The Balaban J connectivity index is 1.35. The van der Waals surface area contributed by atoms with E-state index in [0.717, 1.165) is 47.5 Å². The van der Waals surface area contributed by atoms with E-state index in [2.05, 4.69) is 51.2 Å². The molecule has 1 amide bonds. The van der Waals surface area contributed by atoms with E-state index in [1.165, 1.54) is 11.1 Å². The topological polar surface area (TPSA) is 110 Å². The number of fused-ring (bicyclic) bond motifs is 1. The fourth-order valence-electron chi connectivity index (χ4n) is 3.31. The number of anilines is 1. The lowest BCUT2D eigenvalue weighted by atomic mass is 10.1. The van der Waals surface area contributed by atoms with E-state index in [1.54, 1.807) is 18.3 Å². The lowest BCUT2D eigenvalue weighted by Gasteiger charge is -2.06. The van der Waals surface area contributed by atoms with Gasteiger partial charge in [0.1, 0.15) is 5.82 Å². The molecular weight excluding hydrogens is 376 g/mol. The number of hydrogen-bond donors (Lipinski definition) is 3. The van der Waals surface area contributed by atoms with E-state index < -0.39 is 5.91 Å². The van der Waals surface area contributed by atoms with E-state index >= 15 is 0 Å². The minimum absolute atomic E-state index is 0.443. The zero-order valence-electron chi connectivity index (χ0n) is 17.1. The number of aryl methyl sites for hydroxylation is 3. The Kier molecular flexibility index (Phi) is 5.43. The fourth-order valence-corrected chi connectivity index (χ4v) is 3.31. The Bertz CT molecular complexity index is 1160. The quantitative estimate of drug-likeness (QED) is 0.409. The number of nitrogens with two attached hydrogens (primary N) is 1. The van der Waals surface area contributed by atoms with Crippen LogP contribution < -0.4 is 11.1 Å². The van der Waals surface area contributed by atoms with Crippen molar-refractivity contribution < 1.29 is 4.79 Å². The first-order chi connectivity index (χ1) is 14.5. The van der Waals surface area contributed by atoms with Crippen LogP contribution >= 0.6 is 0 Å². The number of carbonyl (C=O) groups excluding carboxylic acids is 1. The molecule has 0 saturated carbocycles. The number of amides is 1. The van der Waals surface area contributed by atoms with Crippen molar-refractivity contribution in [3.05, 3.63) is 71.2 Å². The second kappa shape index (κ2) is 8.32. The van der Waals surface area contributed by atoms with Crippen LogP contribution in [-0.2, 0) is 6.42 Å². The molecule has 4 N–H and O–H groups in total. The first-order valence-electron chi connectivity index (χ1n) is 9.92. The van der Waals surface area contributed by atoms with E-state index in [4.69, 9.17) is 5.73 Å². The number of H-pyrrole nitrogens is 1. The average Bonchev–Trinajstić information content (AvgIpc) is 3.13. The van der Waals surface area contributed by atoms with E-state index in [0.29, 0.717) is 11.5 Å². The maximum Gasteiger partial charge on any atom is 0.248 e. The molecule has 0 aliphatic carbocycles. The Morgan fingerprint density at radius 1 is 1.07 bits per heavy atom. The summed E-state index contributed by atoms with van der Waals surface area (Å²) in [5.41, 5.74) is 12.1. The standard InChI is InChI=1S/C23H24N6O/c1-14-12-19-20(13-15(14)2)28-21(27-19)4-3-10-25-23-26-11-9-18(29-23)16-5-7-17(8-6-16)22(24)30/h5-9,11-13H,3-4,10H2,1-2H3,(H2,24,30)(H,27,28)(H,25,26,29). The highest BCUT2D eigenvalue weighted by atomic mass is 16.1. The highest BCUT2D eigenvalue weighted by Gasteiger charge is 2.07. The maximum absolute atomic E-state index is 11.2. The summed E-state index contributed by atoms with van der Waals surface area (Å²) in [6.45, 7) is 4.95. The highest BCUT2D eigenvalue weighted by Crippen LogP contribution is 2.19. The molecule has 4 aromatic rings. The molecule has 0 bridgehead atoms. The molecule has 7 heteroatoms. The monoisotopic (exact) mass is 400 g/mol. The molecule has 0 aliphatic heterocycles. The van der Waals surface area contributed by atoms with Gasteiger partial charge in [0.25, 0.3) is 0 Å². The van der Waals surface area contributed by atoms with Crippen LogP contribution in [0, 0.1) is 13.8 Å². The van der Waals surface area contributed by atoms with Gasteiger partial charge in [-0.1, -0.05) is 12.1 Å². The van der Waals surface area contributed by atoms with Crippen molar-refractivity contribution in [1.29, 1.82) is 0 Å². The van der Waals surface area contributed by atoms with Gasteiger partial charge >= 0.3 is 0 Å². The van der Waals surface area contributed by atoms with Crippen molar-refractivity contribution in [2.75, 3.05) is 11.9 Å². The zero-order valence-corrected chi connectivity index (χ0v) is 17.1. The lowest BCUT2D eigenvalue weighted by molar-refractivity contribution is 0.100. The molecule has 0 saturated heterocycles. The Labute approximate surface area is 174 Å². The summed E-state index contributed by atoms with van der Waals surface area (Å²) in [5.74, 6) is 1.12. The minimum Gasteiger partial charge on any atom is -0.366 e. The van der Waals surface area contributed by atoms with Crippen molar-refractivity contribution in [3.63, 3.8) is 0 Å². The van der Waals surface area contributed by atoms with E-state index in [1.807, 2.05) is 18.2 Å². The van der Waals surface area contributed by atoms with Gasteiger partial charge in [0.2, 0.25) is 11.9 Å². The summed E-state index contributed by atoms with van der Waals surface area (Å²) in [6, 6.07) is 13.2. The predicted molar refractivity (Wildman–Crippen MR) is 118 cm³/mol. The highest BCUT2D eigenvalue weighted by molar-refractivity contribution is 5.93. The second-order valence-electron chi connectivity index (χ2n) is 7.37. The number of hydrogen-bond acceptors (Lipinski definition) is 5. The minimum atomic E-state index is -0.443. The molecule has 0 atom stereocenters. The Hall–Kier alpha value is -3.74. The number of rotatable bonds is 7. The Morgan fingerprint density at radius 3 is 2.60 bits per heavy atom. The number of aromatic nitrogens is 4. The first kappa shape index (κ1) is 19.6. The molecule has 2 heterocycles. The van der Waals surface area contributed by atoms with Gasteiger partial charge in [0, 0.05) is 30.3 Å². The van der Waals surface area contributed by atoms with Crippen LogP contribution in [0.3, 0.4) is 0 Å². The molecule has 2 aromatic heterocycles. The first-order valence-corrected chi connectivity index (χ1v) is 9.92. The molecule has 30 heavy (non-hydrogen) atoms. The summed E-state index contributed by atoms with van der Waals surface area (Å²) in [6.07, 6.45) is 3.46. The van der Waals surface area contributed by atoms with Crippen molar-refractivity contribution in [2.45, 2.75) is 26.7 Å². The van der Waals surface area contributed by atoms with E-state index in [9.17, 15) is 4.79 Å². The van der Waals surface area contributed by atoms with Crippen LogP contribution in [0.15, 0.2) is 48.7 Å².